The van der Waals surface area contributed by atoms with Crippen LogP contribution in [0, 0.1) is 5.92 Å². The van der Waals surface area contributed by atoms with Crippen molar-refractivity contribution in [2.75, 3.05) is 24.7 Å². The van der Waals surface area contributed by atoms with Crippen LogP contribution in [-0.2, 0) is 9.59 Å². The number of carbonyl (C=O) groups excluding carboxylic acids is 2. The van der Waals surface area contributed by atoms with E-state index in [1.165, 1.54) is 0 Å². The molecule has 8 heteroatoms. The van der Waals surface area contributed by atoms with E-state index in [-0.39, 0.29) is 29.7 Å². The van der Waals surface area contributed by atoms with E-state index in [9.17, 15) is 9.59 Å². The number of aromatic nitrogens is 2. The lowest BCUT2D eigenvalue weighted by molar-refractivity contribution is -0.147. The number of piperidine rings is 1. The lowest BCUT2D eigenvalue weighted by atomic mass is 9.84. The first-order chi connectivity index (χ1) is 14.7. The van der Waals surface area contributed by atoms with Crippen molar-refractivity contribution in [3.63, 3.8) is 0 Å². The lowest BCUT2D eigenvalue weighted by Gasteiger charge is -2.36. The standard InChI is InChI=1S/C22H26N4O3S/c27-21(17-7-4-8-17)26-14-30-13-18(26)22(28)25-11-9-16(10-12-25)20-23-19(24-29-20)15-5-2-1-3-6-15/h1-3,5-6,16-18H,4,7-14H2. The molecule has 1 saturated carbocycles. The summed E-state index contributed by atoms with van der Waals surface area (Å²) in [6, 6.07) is 9.50. The Bertz CT molecular complexity index is 906. The van der Waals surface area contributed by atoms with Gasteiger partial charge in [0.25, 0.3) is 0 Å². The lowest BCUT2D eigenvalue weighted by Crippen LogP contribution is -2.52. The Hall–Kier alpha value is -2.35. The third-order valence-electron chi connectivity index (χ3n) is 6.53. The minimum atomic E-state index is -0.298. The minimum Gasteiger partial charge on any atom is -0.341 e. The fourth-order valence-corrected chi connectivity index (χ4v) is 5.57. The highest BCUT2D eigenvalue weighted by atomic mass is 32.2. The molecular weight excluding hydrogens is 400 g/mol. The van der Waals surface area contributed by atoms with E-state index in [0.717, 1.165) is 37.7 Å². The molecule has 30 heavy (non-hydrogen) atoms. The second-order valence-electron chi connectivity index (χ2n) is 8.37. The molecular formula is C22H26N4O3S. The Morgan fingerprint density at radius 3 is 2.50 bits per heavy atom. The average molecular weight is 427 g/mol. The van der Waals surface area contributed by atoms with Crippen molar-refractivity contribution in [2.24, 2.45) is 5.92 Å². The molecule has 1 aromatic carbocycles. The van der Waals surface area contributed by atoms with Crippen molar-refractivity contribution < 1.29 is 14.1 Å². The van der Waals surface area contributed by atoms with E-state index in [1.807, 2.05) is 40.1 Å². The zero-order valence-corrected chi connectivity index (χ0v) is 17.7. The van der Waals surface area contributed by atoms with Crippen molar-refractivity contribution in [3.8, 4) is 11.4 Å². The van der Waals surface area contributed by atoms with Crippen LogP contribution in [0.25, 0.3) is 11.4 Å². The maximum Gasteiger partial charge on any atom is 0.246 e. The van der Waals surface area contributed by atoms with E-state index >= 15 is 0 Å². The number of nitrogens with zero attached hydrogens (tertiary/aromatic N) is 4. The SMILES string of the molecule is O=C(C1CSCN1C(=O)C1CCC1)N1CCC(c2nc(-c3ccccc3)no2)CC1. The van der Waals surface area contributed by atoms with Gasteiger partial charge < -0.3 is 14.3 Å². The van der Waals surface area contributed by atoms with E-state index in [1.54, 1.807) is 11.8 Å². The summed E-state index contributed by atoms with van der Waals surface area (Å²) in [5, 5.41) is 4.12. The highest BCUT2D eigenvalue weighted by Crippen LogP contribution is 2.34. The van der Waals surface area contributed by atoms with Crippen LogP contribution in [0.4, 0.5) is 0 Å². The normalized spacial score (nSPS) is 22.9. The zero-order valence-electron chi connectivity index (χ0n) is 16.9. The molecule has 3 aliphatic rings. The molecule has 7 nitrogen and oxygen atoms in total. The third kappa shape index (κ3) is 3.73. The summed E-state index contributed by atoms with van der Waals surface area (Å²) in [6.45, 7) is 1.33. The van der Waals surface area contributed by atoms with Gasteiger partial charge in [-0.2, -0.15) is 4.98 Å². The summed E-state index contributed by atoms with van der Waals surface area (Å²) < 4.78 is 5.53. The van der Waals surface area contributed by atoms with Gasteiger partial charge in [-0.15, -0.1) is 11.8 Å². The first kappa shape index (κ1) is 19.6. The van der Waals surface area contributed by atoms with Gasteiger partial charge in [0.05, 0.1) is 5.88 Å². The van der Waals surface area contributed by atoms with Gasteiger partial charge in [0.15, 0.2) is 0 Å². The fraction of sp³-hybridized carbons (Fsp3) is 0.545. The Kier molecular flexibility index (Phi) is 5.50. The summed E-state index contributed by atoms with van der Waals surface area (Å²) in [5.41, 5.74) is 0.940. The molecule has 2 aromatic rings. The summed E-state index contributed by atoms with van der Waals surface area (Å²) in [7, 11) is 0. The average Bonchev–Trinajstić information content (AvgIpc) is 3.43. The van der Waals surface area contributed by atoms with Crippen LogP contribution in [-0.4, -0.2) is 62.5 Å². The molecule has 0 bridgehead atoms. The third-order valence-corrected chi connectivity index (χ3v) is 7.55. The van der Waals surface area contributed by atoms with Gasteiger partial charge in [-0.3, -0.25) is 9.59 Å². The van der Waals surface area contributed by atoms with E-state index in [4.69, 9.17) is 4.52 Å². The van der Waals surface area contributed by atoms with Crippen molar-refractivity contribution in [1.29, 1.82) is 0 Å². The number of thioether (sulfide) groups is 1. The molecule has 1 aliphatic carbocycles. The number of amides is 2. The van der Waals surface area contributed by atoms with Crippen LogP contribution in [0.5, 0.6) is 0 Å². The largest absolute Gasteiger partial charge is 0.341 e. The molecule has 0 spiro atoms. The van der Waals surface area contributed by atoms with Crippen LogP contribution in [0.3, 0.4) is 0 Å². The van der Waals surface area contributed by atoms with Gasteiger partial charge in [-0.25, -0.2) is 0 Å². The van der Waals surface area contributed by atoms with Crippen LogP contribution < -0.4 is 0 Å². The van der Waals surface area contributed by atoms with E-state index in [2.05, 4.69) is 10.1 Å². The number of likely N-dealkylation sites (tertiary alicyclic amines) is 1. The van der Waals surface area contributed by atoms with Crippen LogP contribution in [0.2, 0.25) is 0 Å². The zero-order chi connectivity index (χ0) is 20.5. The molecule has 3 heterocycles. The molecule has 2 amide bonds. The Labute approximate surface area is 180 Å². The van der Waals surface area contributed by atoms with Crippen LogP contribution >= 0.6 is 11.8 Å². The Morgan fingerprint density at radius 1 is 1.03 bits per heavy atom. The molecule has 1 atom stereocenters. The Balaban J connectivity index is 1.19. The first-order valence-corrected chi connectivity index (χ1v) is 11.9. The number of hydrogen-bond donors (Lipinski definition) is 0. The molecule has 2 saturated heterocycles. The van der Waals surface area contributed by atoms with Crippen molar-refractivity contribution >= 4 is 23.6 Å². The molecule has 0 radical (unpaired) electrons. The van der Waals surface area contributed by atoms with E-state index in [0.29, 0.717) is 36.4 Å². The van der Waals surface area contributed by atoms with Gasteiger partial charge in [-0.05, 0) is 25.7 Å². The second-order valence-corrected chi connectivity index (χ2v) is 9.37. The summed E-state index contributed by atoms with van der Waals surface area (Å²) in [5.74, 6) is 3.20. The molecule has 158 valence electrons. The molecule has 2 aliphatic heterocycles. The minimum absolute atomic E-state index is 0.0987. The molecule has 3 fully saturated rings. The predicted molar refractivity (Wildman–Crippen MR) is 114 cm³/mol. The number of rotatable bonds is 4. The van der Waals surface area contributed by atoms with E-state index < -0.39 is 0 Å². The van der Waals surface area contributed by atoms with Gasteiger partial charge >= 0.3 is 0 Å². The molecule has 0 N–H and O–H groups in total. The highest BCUT2D eigenvalue weighted by Gasteiger charge is 2.41. The topological polar surface area (TPSA) is 79.5 Å². The Morgan fingerprint density at radius 2 is 1.80 bits per heavy atom. The summed E-state index contributed by atoms with van der Waals surface area (Å²) >= 11 is 1.69. The maximum atomic E-state index is 13.1. The maximum absolute atomic E-state index is 13.1. The number of benzene rings is 1. The van der Waals surface area contributed by atoms with Crippen LogP contribution in [0.15, 0.2) is 34.9 Å². The smallest absolute Gasteiger partial charge is 0.246 e. The highest BCUT2D eigenvalue weighted by molar-refractivity contribution is 7.99. The molecule has 1 aromatic heterocycles. The van der Waals surface area contributed by atoms with Gasteiger partial charge in [0.1, 0.15) is 6.04 Å². The molecule has 5 rings (SSSR count). The quantitative estimate of drug-likeness (QED) is 0.747. The van der Waals surface area contributed by atoms with Gasteiger partial charge in [0.2, 0.25) is 23.5 Å². The molecule has 1 unspecified atom stereocenters. The van der Waals surface area contributed by atoms with Crippen molar-refractivity contribution in [1.82, 2.24) is 19.9 Å². The number of hydrogen-bond acceptors (Lipinski definition) is 6. The van der Waals surface area contributed by atoms with Crippen molar-refractivity contribution in [2.45, 2.75) is 44.1 Å². The summed E-state index contributed by atoms with van der Waals surface area (Å²) in [4.78, 5) is 34.2. The van der Waals surface area contributed by atoms with Crippen LogP contribution in [0.1, 0.15) is 43.9 Å². The summed E-state index contributed by atoms with van der Waals surface area (Å²) in [6.07, 6.45) is 4.69. The fourth-order valence-electron chi connectivity index (χ4n) is 4.42. The number of carbonyl (C=O) groups is 2. The van der Waals surface area contributed by atoms with Crippen molar-refractivity contribution in [3.05, 3.63) is 36.2 Å². The second kappa shape index (κ2) is 8.41. The first-order valence-electron chi connectivity index (χ1n) is 10.8. The predicted octanol–water partition coefficient (Wildman–Crippen LogP) is 3.14. The van der Waals surface area contributed by atoms with Gasteiger partial charge in [0, 0.05) is 36.2 Å². The monoisotopic (exact) mass is 426 g/mol. The van der Waals surface area contributed by atoms with Gasteiger partial charge in [-0.1, -0.05) is 41.9 Å².